The SMILES string of the molecule is CCCNC(Cc1ccoc1)c1cc(C)ccn1. The van der Waals surface area contributed by atoms with E-state index in [0.717, 1.165) is 25.1 Å². The number of pyridine rings is 1. The van der Waals surface area contributed by atoms with Gasteiger partial charge in [0.05, 0.1) is 24.3 Å². The molecule has 0 amide bonds. The van der Waals surface area contributed by atoms with Crippen LogP contribution in [0.15, 0.2) is 41.3 Å². The van der Waals surface area contributed by atoms with Gasteiger partial charge in [0, 0.05) is 6.20 Å². The Bertz CT molecular complexity index is 465. The molecular weight excluding hydrogens is 224 g/mol. The fraction of sp³-hybridized carbons (Fsp3) is 0.400. The molecule has 0 aliphatic rings. The predicted octanol–water partition coefficient (Wildman–Crippen LogP) is 3.27. The minimum absolute atomic E-state index is 0.252. The minimum Gasteiger partial charge on any atom is -0.472 e. The highest BCUT2D eigenvalue weighted by Crippen LogP contribution is 2.17. The Kier molecular flexibility index (Phi) is 4.53. The Balaban J connectivity index is 2.13. The van der Waals surface area contributed by atoms with E-state index < -0.39 is 0 Å². The summed E-state index contributed by atoms with van der Waals surface area (Å²) in [6.07, 6.45) is 7.42. The molecule has 0 radical (unpaired) electrons. The standard InChI is InChI=1S/C15H20N2O/c1-3-6-16-15(10-13-5-8-18-11-13)14-9-12(2)4-7-17-14/h4-5,7-9,11,15-16H,3,6,10H2,1-2H3. The van der Waals surface area contributed by atoms with Crippen LogP contribution in [0.5, 0.6) is 0 Å². The van der Waals surface area contributed by atoms with Crippen LogP contribution in [0.1, 0.15) is 36.2 Å². The monoisotopic (exact) mass is 244 g/mol. The van der Waals surface area contributed by atoms with Crippen LogP contribution in [-0.4, -0.2) is 11.5 Å². The van der Waals surface area contributed by atoms with Crippen molar-refractivity contribution in [3.8, 4) is 0 Å². The lowest BCUT2D eigenvalue weighted by Crippen LogP contribution is -2.24. The van der Waals surface area contributed by atoms with E-state index in [0.29, 0.717) is 0 Å². The Morgan fingerprint density at radius 3 is 2.94 bits per heavy atom. The van der Waals surface area contributed by atoms with E-state index in [2.05, 4.69) is 30.2 Å². The molecular formula is C15H20N2O. The average molecular weight is 244 g/mol. The third kappa shape index (κ3) is 3.44. The zero-order valence-corrected chi connectivity index (χ0v) is 11.0. The average Bonchev–Trinajstić information content (AvgIpc) is 2.87. The molecule has 1 N–H and O–H groups in total. The molecule has 2 heterocycles. The molecule has 0 fully saturated rings. The van der Waals surface area contributed by atoms with Gasteiger partial charge in [-0.2, -0.15) is 0 Å². The zero-order valence-electron chi connectivity index (χ0n) is 11.0. The lowest BCUT2D eigenvalue weighted by molar-refractivity contribution is 0.510. The van der Waals surface area contributed by atoms with Crippen LogP contribution in [0, 0.1) is 6.92 Å². The number of nitrogens with zero attached hydrogens (tertiary/aromatic N) is 1. The first-order valence-corrected chi connectivity index (χ1v) is 6.46. The normalized spacial score (nSPS) is 12.6. The Morgan fingerprint density at radius 1 is 1.39 bits per heavy atom. The Labute approximate surface area is 108 Å². The van der Waals surface area contributed by atoms with E-state index in [9.17, 15) is 0 Å². The van der Waals surface area contributed by atoms with Gasteiger partial charge in [0.25, 0.3) is 0 Å². The summed E-state index contributed by atoms with van der Waals surface area (Å²) in [4.78, 5) is 4.48. The van der Waals surface area contributed by atoms with E-state index in [1.807, 2.05) is 18.3 Å². The second-order valence-electron chi connectivity index (χ2n) is 4.60. The van der Waals surface area contributed by atoms with Crippen LogP contribution < -0.4 is 5.32 Å². The molecule has 0 saturated carbocycles. The zero-order chi connectivity index (χ0) is 12.8. The molecule has 3 nitrogen and oxygen atoms in total. The fourth-order valence-electron chi connectivity index (χ4n) is 1.99. The third-order valence-electron chi connectivity index (χ3n) is 2.95. The third-order valence-corrected chi connectivity index (χ3v) is 2.95. The summed E-state index contributed by atoms with van der Waals surface area (Å²) in [6.45, 7) is 5.27. The van der Waals surface area contributed by atoms with Crippen molar-refractivity contribution in [1.82, 2.24) is 10.3 Å². The molecule has 2 aromatic heterocycles. The Morgan fingerprint density at radius 2 is 2.28 bits per heavy atom. The maximum Gasteiger partial charge on any atom is 0.0935 e. The lowest BCUT2D eigenvalue weighted by Gasteiger charge is -2.17. The minimum atomic E-state index is 0.252. The molecule has 96 valence electrons. The van der Waals surface area contributed by atoms with Crippen molar-refractivity contribution in [1.29, 1.82) is 0 Å². The summed E-state index contributed by atoms with van der Waals surface area (Å²) < 4.78 is 5.13. The van der Waals surface area contributed by atoms with Crippen molar-refractivity contribution >= 4 is 0 Å². The number of hydrogen-bond donors (Lipinski definition) is 1. The van der Waals surface area contributed by atoms with Crippen molar-refractivity contribution < 1.29 is 4.42 Å². The molecule has 3 heteroatoms. The summed E-state index contributed by atoms with van der Waals surface area (Å²) in [6, 6.07) is 6.43. The van der Waals surface area contributed by atoms with Gasteiger partial charge in [0.15, 0.2) is 0 Å². The molecule has 1 unspecified atom stereocenters. The summed E-state index contributed by atoms with van der Waals surface area (Å²) in [5, 5.41) is 3.55. The highest BCUT2D eigenvalue weighted by atomic mass is 16.3. The van der Waals surface area contributed by atoms with Crippen LogP contribution in [0.2, 0.25) is 0 Å². The van der Waals surface area contributed by atoms with Gasteiger partial charge in [0.1, 0.15) is 0 Å². The summed E-state index contributed by atoms with van der Waals surface area (Å²) >= 11 is 0. The van der Waals surface area contributed by atoms with E-state index >= 15 is 0 Å². The maximum atomic E-state index is 5.13. The molecule has 18 heavy (non-hydrogen) atoms. The van der Waals surface area contributed by atoms with Crippen LogP contribution in [0.25, 0.3) is 0 Å². The van der Waals surface area contributed by atoms with Gasteiger partial charge in [-0.25, -0.2) is 0 Å². The van der Waals surface area contributed by atoms with E-state index in [4.69, 9.17) is 4.42 Å². The van der Waals surface area contributed by atoms with Crippen molar-refractivity contribution in [2.75, 3.05) is 6.54 Å². The molecule has 2 rings (SSSR count). The molecule has 0 aromatic carbocycles. The summed E-state index contributed by atoms with van der Waals surface area (Å²) in [5.74, 6) is 0. The van der Waals surface area contributed by atoms with Crippen LogP contribution in [0.4, 0.5) is 0 Å². The molecule has 0 spiro atoms. The van der Waals surface area contributed by atoms with Gasteiger partial charge >= 0.3 is 0 Å². The molecule has 2 aromatic rings. The van der Waals surface area contributed by atoms with Gasteiger partial charge in [-0.3, -0.25) is 4.98 Å². The fourth-order valence-corrected chi connectivity index (χ4v) is 1.99. The van der Waals surface area contributed by atoms with Crippen molar-refractivity contribution in [3.63, 3.8) is 0 Å². The first-order chi connectivity index (χ1) is 8.79. The van der Waals surface area contributed by atoms with E-state index in [1.54, 1.807) is 12.5 Å². The summed E-state index contributed by atoms with van der Waals surface area (Å²) in [7, 11) is 0. The number of rotatable bonds is 6. The van der Waals surface area contributed by atoms with Crippen LogP contribution in [-0.2, 0) is 6.42 Å². The number of nitrogens with one attached hydrogen (secondary N) is 1. The second-order valence-corrected chi connectivity index (χ2v) is 4.60. The number of hydrogen-bond acceptors (Lipinski definition) is 3. The van der Waals surface area contributed by atoms with E-state index in [1.165, 1.54) is 11.1 Å². The second kappa shape index (κ2) is 6.36. The van der Waals surface area contributed by atoms with Crippen LogP contribution >= 0.6 is 0 Å². The van der Waals surface area contributed by atoms with Crippen molar-refractivity contribution in [3.05, 3.63) is 53.7 Å². The van der Waals surface area contributed by atoms with Gasteiger partial charge in [0.2, 0.25) is 0 Å². The molecule has 1 atom stereocenters. The van der Waals surface area contributed by atoms with Gasteiger partial charge in [-0.05, 0) is 55.6 Å². The highest BCUT2D eigenvalue weighted by molar-refractivity contribution is 5.20. The van der Waals surface area contributed by atoms with Crippen molar-refractivity contribution in [2.24, 2.45) is 0 Å². The molecule has 0 saturated heterocycles. The topological polar surface area (TPSA) is 38.1 Å². The molecule has 0 bridgehead atoms. The smallest absolute Gasteiger partial charge is 0.0935 e. The number of aromatic nitrogens is 1. The first-order valence-electron chi connectivity index (χ1n) is 6.46. The van der Waals surface area contributed by atoms with E-state index in [-0.39, 0.29) is 6.04 Å². The summed E-state index contributed by atoms with van der Waals surface area (Å²) in [5.41, 5.74) is 3.55. The molecule has 0 aliphatic heterocycles. The first kappa shape index (κ1) is 12.8. The quantitative estimate of drug-likeness (QED) is 0.847. The van der Waals surface area contributed by atoms with Gasteiger partial charge in [-0.15, -0.1) is 0 Å². The number of aryl methyl sites for hydroxylation is 1. The Hall–Kier alpha value is -1.61. The van der Waals surface area contributed by atoms with Crippen LogP contribution in [0.3, 0.4) is 0 Å². The molecule has 0 aliphatic carbocycles. The lowest BCUT2D eigenvalue weighted by atomic mass is 10.0. The van der Waals surface area contributed by atoms with Crippen molar-refractivity contribution in [2.45, 2.75) is 32.7 Å². The predicted molar refractivity (Wildman–Crippen MR) is 72.4 cm³/mol. The van der Waals surface area contributed by atoms with Gasteiger partial charge in [-0.1, -0.05) is 6.92 Å². The highest BCUT2D eigenvalue weighted by Gasteiger charge is 2.13. The maximum absolute atomic E-state index is 5.13. The van der Waals surface area contributed by atoms with Gasteiger partial charge < -0.3 is 9.73 Å². The largest absolute Gasteiger partial charge is 0.472 e. The number of furan rings is 1.